The number of hydrogen-bond acceptors (Lipinski definition) is 5. The van der Waals surface area contributed by atoms with Crippen molar-refractivity contribution >= 4 is 22.4 Å². The maximum absolute atomic E-state index is 11.9. The standard InChI is InChI=1S/C12H19N3O2S/c1-8(9-2-4-17-5-3-9)14-11(16)6-10-7-18-12(13)15-10/h7-9H,2-6H2,1H3,(H2,13,15)(H,14,16). The van der Waals surface area contributed by atoms with Crippen LogP contribution >= 0.6 is 11.3 Å². The van der Waals surface area contributed by atoms with Gasteiger partial charge in [0, 0.05) is 24.6 Å². The highest BCUT2D eigenvalue weighted by Gasteiger charge is 2.21. The van der Waals surface area contributed by atoms with Crippen molar-refractivity contribution < 1.29 is 9.53 Å². The molecule has 0 aliphatic carbocycles. The van der Waals surface area contributed by atoms with E-state index >= 15 is 0 Å². The van der Waals surface area contributed by atoms with E-state index in [0.717, 1.165) is 31.7 Å². The van der Waals surface area contributed by atoms with E-state index < -0.39 is 0 Å². The lowest BCUT2D eigenvalue weighted by atomic mass is 9.93. The zero-order valence-electron chi connectivity index (χ0n) is 10.5. The maximum atomic E-state index is 11.9. The van der Waals surface area contributed by atoms with Crippen LogP contribution in [0.2, 0.25) is 0 Å². The Bertz CT molecular complexity index is 402. The summed E-state index contributed by atoms with van der Waals surface area (Å²) in [7, 11) is 0. The van der Waals surface area contributed by atoms with Gasteiger partial charge in [0.2, 0.25) is 5.91 Å². The SMILES string of the molecule is CC(NC(=O)Cc1csc(N)n1)C1CCOCC1. The van der Waals surface area contributed by atoms with Gasteiger partial charge in [-0.15, -0.1) is 11.3 Å². The van der Waals surface area contributed by atoms with Crippen molar-refractivity contribution in [3.05, 3.63) is 11.1 Å². The zero-order chi connectivity index (χ0) is 13.0. The van der Waals surface area contributed by atoms with E-state index in [1.54, 1.807) is 0 Å². The third-order valence-electron chi connectivity index (χ3n) is 3.27. The molecule has 0 spiro atoms. The topological polar surface area (TPSA) is 77.2 Å². The number of rotatable bonds is 4. The van der Waals surface area contributed by atoms with Crippen LogP contribution in [0.3, 0.4) is 0 Å². The van der Waals surface area contributed by atoms with Crippen LogP contribution in [0.1, 0.15) is 25.5 Å². The molecule has 1 unspecified atom stereocenters. The summed E-state index contributed by atoms with van der Waals surface area (Å²) in [6.45, 7) is 3.66. The van der Waals surface area contributed by atoms with Gasteiger partial charge in [0.05, 0.1) is 12.1 Å². The molecule has 0 aromatic carbocycles. The van der Waals surface area contributed by atoms with Crippen LogP contribution in [0, 0.1) is 5.92 Å². The van der Waals surface area contributed by atoms with Crippen LogP contribution < -0.4 is 11.1 Å². The van der Waals surface area contributed by atoms with E-state index in [2.05, 4.69) is 17.2 Å². The molecule has 1 atom stereocenters. The Hall–Kier alpha value is -1.14. The number of thiazole rings is 1. The minimum absolute atomic E-state index is 0.0132. The van der Waals surface area contributed by atoms with Crippen molar-refractivity contribution in [1.82, 2.24) is 10.3 Å². The van der Waals surface area contributed by atoms with Crippen LogP contribution in [-0.2, 0) is 16.0 Å². The average molecular weight is 269 g/mol. The molecule has 1 aromatic rings. The second-order valence-electron chi connectivity index (χ2n) is 4.66. The number of anilines is 1. The summed E-state index contributed by atoms with van der Waals surface area (Å²) in [6, 6.07) is 0.192. The van der Waals surface area contributed by atoms with Gasteiger partial charge in [0.15, 0.2) is 5.13 Å². The Balaban J connectivity index is 1.79. The second-order valence-corrected chi connectivity index (χ2v) is 5.55. The van der Waals surface area contributed by atoms with Gasteiger partial charge >= 0.3 is 0 Å². The fourth-order valence-electron chi connectivity index (χ4n) is 2.21. The van der Waals surface area contributed by atoms with E-state index in [0.29, 0.717) is 17.5 Å². The van der Waals surface area contributed by atoms with Crippen LogP contribution in [0.15, 0.2) is 5.38 Å². The fourth-order valence-corrected chi connectivity index (χ4v) is 2.77. The van der Waals surface area contributed by atoms with Gasteiger partial charge in [-0.3, -0.25) is 4.79 Å². The van der Waals surface area contributed by atoms with Crippen molar-refractivity contribution in [2.75, 3.05) is 18.9 Å². The number of carbonyl (C=O) groups excluding carboxylic acids is 1. The number of nitrogens with one attached hydrogen (secondary N) is 1. The summed E-state index contributed by atoms with van der Waals surface area (Å²) in [6.07, 6.45) is 2.34. The zero-order valence-corrected chi connectivity index (χ0v) is 11.3. The van der Waals surface area contributed by atoms with E-state index in [-0.39, 0.29) is 11.9 Å². The highest BCUT2D eigenvalue weighted by atomic mass is 32.1. The first-order valence-electron chi connectivity index (χ1n) is 6.22. The minimum Gasteiger partial charge on any atom is -0.381 e. The average Bonchev–Trinajstić information content (AvgIpc) is 2.75. The number of hydrogen-bond donors (Lipinski definition) is 2. The Morgan fingerprint density at radius 3 is 3.00 bits per heavy atom. The molecule has 5 nitrogen and oxygen atoms in total. The number of amides is 1. The van der Waals surface area contributed by atoms with E-state index in [9.17, 15) is 4.79 Å². The van der Waals surface area contributed by atoms with Gasteiger partial charge in [0.25, 0.3) is 0 Å². The van der Waals surface area contributed by atoms with Gasteiger partial charge in [-0.25, -0.2) is 4.98 Å². The summed E-state index contributed by atoms with van der Waals surface area (Å²) in [5.74, 6) is 0.530. The molecule has 2 rings (SSSR count). The van der Waals surface area contributed by atoms with Crippen LogP contribution in [-0.4, -0.2) is 30.1 Å². The summed E-state index contributed by atoms with van der Waals surface area (Å²) in [5.41, 5.74) is 6.28. The lowest BCUT2D eigenvalue weighted by molar-refractivity contribution is -0.121. The Labute approximate surface area is 111 Å². The molecule has 100 valence electrons. The maximum Gasteiger partial charge on any atom is 0.226 e. The normalized spacial score (nSPS) is 18.5. The van der Waals surface area contributed by atoms with Crippen molar-refractivity contribution in [3.63, 3.8) is 0 Å². The number of carbonyl (C=O) groups is 1. The quantitative estimate of drug-likeness (QED) is 0.861. The largest absolute Gasteiger partial charge is 0.381 e. The fraction of sp³-hybridized carbons (Fsp3) is 0.667. The molecule has 6 heteroatoms. The number of nitrogen functional groups attached to an aromatic ring is 1. The highest BCUT2D eigenvalue weighted by molar-refractivity contribution is 7.13. The van der Waals surface area contributed by atoms with Gasteiger partial charge in [-0.05, 0) is 25.7 Å². The predicted octanol–water partition coefficient (Wildman–Crippen LogP) is 1.20. The Morgan fingerprint density at radius 1 is 1.67 bits per heavy atom. The molecule has 2 heterocycles. The minimum atomic E-state index is 0.0132. The molecule has 1 aliphatic rings. The number of ether oxygens (including phenoxy) is 1. The Kier molecular flexibility index (Phi) is 4.54. The van der Waals surface area contributed by atoms with Gasteiger partial charge in [-0.1, -0.05) is 0 Å². The summed E-state index contributed by atoms with van der Waals surface area (Å²) in [4.78, 5) is 15.9. The van der Waals surface area contributed by atoms with Crippen LogP contribution in [0.25, 0.3) is 0 Å². The molecule has 1 aromatic heterocycles. The van der Waals surface area contributed by atoms with Crippen molar-refractivity contribution in [3.8, 4) is 0 Å². The van der Waals surface area contributed by atoms with Crippen molar-refractivity contribution in [2.24, 2.45) is 5.92 Å². The molecule has 1 amide bonds. The summed E-state index contributed by atoms with van der Waals surface area (Å²) in [5, 5.41) is 5.37. The molecule has 1 aliphatic heterocycles. The number of aromatic nitrogens is 1. The third-order valence-corrected chi connectivity index (χ3v) is 4.00. The lowest BCUT2D eigenvalue weighted by Crippen LogP contribution is -2.41. The first-order chi connectivity index (χ1) is 8.65. The van der Waals surface area contributed by atoms with E-state index in [1.807, 2.05) is 5.38 Å². The molecule has 0 radical (unpaired) electrons. The van der Waals surface area contributed by atoms with Crippen molar-refractivity contribution in [2.45, 2.75) is 32.2 Å². The first kappa shape index (κ1) is 13.3. The number of nitrogens with zero attached hydrogens (tertiary/aromatic N) is 1. The predicted molar refractivity (Wildman–Crippen MR) is 71.4 cm³/mol. The lowest BCUT2D eigenvalue weighted by Gasteiger charge is -2.28. The number of nitrogens with two attached hydrogens (primary N) is 1. The molecular weight excluding hydrogens is 250 g/mol. The molecule has 3 N–H and O–H groups in total. The molecule has 1 saturated heterocycles. The van der Waals surface area contributed by atoms with Gasteiger partial charge in [-0.2, -0.15) is 0 Å². The Morgan fingerprint density at radius 2 is 2.39 bits per heavy atom. The van der Waals surface area contributed by atoms with Gasteiger partial charge in [0.1, 0.15) is 0 Å². The third kappa shape index (κ3) is 3.68. The summed E-state index contributed by atoms with van der Waals surface area (Å²) < 4.78 is 5.32. The molecular formula is C12H19N3O2S. The smallest absolute Gasteiger partial charge is 0.226 e. The van der Waals surface area contributed by atoms with Crippen LogP contribution in [0.5, 0.6) is 0 Å². The summed E-state index contributed by atoms with van der Waals surface area (Å²) >= 11 is 1.36. The van der Waals surface area contributed by atoms with Crippen molar-refractivity contribution in [1.29, 1.82) is 0 Å². The van der Waals surface area contributed by atoms with E-state index in [4.69, 9.17) is 10.5 Å². The second kappa shape index (κ2) is 6.15. The monoisotopic (exact) mass is 269 g/mol. The van der Waals surface area contributed by atoms with Crippen LogP contribution in [0.4, 0.5) is 5.13 Å². The highest BCUT2D eigenvalue weighted by Crippen LogP contribution is 2.18. The van der Waals surface area contributed by atoms with Gasteiger partial charge < -0.3 is 15.8 Å². The molecule has 1 fully saturated rings. The first-order valence-corrected chi connectivity index (χ1v) is 7.10. The molecule has 0 bridgehead atoms. The molecule has 0 saturated carbocycles. The van der Waals surface area contributed by atoms with E-state index in [1.165, 1.54) is 11.3 Å². The molecule has 18 heavy (non-hydrogen) atoms.